The highest BCUT2D eigenvalue weighted by Gasteiger charge is 2.28. The molecule has 0 fully saturated rings. The standard InChI is InChI=1S/C7H8F3N3OS/c1-15-6-12-4(11)2-5(13-6)14-3-7(8,9)10/h2H,3H2,1H3,(H2,11,12,13). The first-order valence-corrected chi connectivity index (χ1v) is 5.01. The van der Waals surface area contributed by atoms with E-state index in [1.165, 1.54) is 11.8 Å². The van der Waals surface area contributed by atoms with E-state index < -0.39 is 12.8 Å². The summed E-state index contributed by atoms with van der Waals surface area (Å²) in [6.45, 7) is -1.39. The average Bonchev–Trinajstić information content (AvgIpc) is 2.13. The SMILES string of the molecule is CSc1nc(N)cc(OCC(F)(F)F)n1. The number of ether oxygens (including phenoxy) is 1. The largest absolute Gasteiger partial charge is 0.468 e. The molecule has 0 saturated carbocycles. The van der Waals surface area contributed by atoms with Crippen LogP contribution >= 0.6 is 11.8 Å². The lowest BCUT2D eigenvalue weighted by Gasteiger charge is -2.08. The number of aromatic nitrogens is 2. The maximum Gasteiger partial charge on any atom is 0.422 e. The van der Waals surface area contributed by atoms with Gasteiger partial charge in [0, 0.05) is 6.07 Å². The molecule has 0 aliphatic heterocycles. The highest BCUT2D eigenvalue weighted by molar-refractivity contribution is 7.98. The molecule has 4 nitrogen and oxygen atoms in total. The number of nitrogens with zero attached hydrogens (tertiary/aromatic N) is 2. The van der Waals surface area contributed by atoms with E-state index in [0.29, 0.717) is 0 Å². The fourth-order valence-corrected chi connectivity index (χ4v) is 1.12. The van der Waals surface area contributed by atoms with E-state index in [1.807, 2.05) is 0 Å². The number of anilines is 1. The number of hydrogen-bond acceptors (Lipinski definition) is 5. The molecule has 0 amide bonds. The Bertz CT molecular complexity index is 345. The summed E-state index contributed by atoms with van der Waals surface area (Å²) in [5.74, 6) is -0.101. The highest BCUT2D eigenvalue weighted by atomic mass is 32.2. The Labute approximate surface area is 88.0 Å². The maximum absolute atomic E-state index is 11.8. The van der Waals surface area contributed by atoms with E-state index in [9.17, 15) is 13.2 Å². The number of hydrogen-bond donors (Lipinski definition) is 1. The summed E-state index contributed by atoms with van der Waals surface area (Å²) in [5.41, 5.74) is 5.35. The van der Waals surface area contributed by atoms with Gasteiger partial charge in [-0.05, 0) is 6.26 Å². The summed E-state index contributed by atoms with van der Waals surface area (Å²) >= 11 is 1.17. The van der Waals surface area contributed by atoms with E-state index >= 15 is 0 Å². The summed E-state index contributed by atoms with van der Waals surface area (Å²) in [6.07, 6.45) is -2.71. The smallest absolute Gasteiger partial charge is 0.422 e. The zero-order chi connectivity index (χ0) is 11.5. The van der Waals surface area contributed by atoms with Crippen LogP contribution in [0.5, 0.6) is 5.88 Å². The third kappa shape index (κ3) is 4.24. The van der Waals surface area contributed by atoms with Gasteiger partial charge in [-0.15, -0.1) is 0 Å². The molecular weight excluding hydrogens is 231 g/mol. The van der Waals surface area contributed by atoms with Crippen LogP contribution in [0.3, 0.4) is 0 Å². The highest BCUT2D eigenvalue weighted by Crippen LogP contribution is 2.20. The number of nitrogens with two attached hydrogens (primary N) is 1. The van der Waals surface area contributed by atoms with E-state index in [4.69, 9.17) is 5.73 Å². The molecule has 0 unspecified atom stereocenters. The van der Waals surface area contributed by atoms with Crippen molar-refractivity contribution in [2.24, 2.45) is 0 Å². The van der Waals surface area contributed by atoms with E-state index in [-0.39, 0.29) is 16.9 Å². The summed E-state index contributed by atoms with van der Waals surface area (Å²) in [4.78, 5) is 7.47. The molecule has 0 saturated heterocycles. The molecule has 0 radical (unpaired) electrons. The van der Waals surface area contributed by atoms with Crippen LogP contribution in [0.4, 0.5) is 19.0 Å². The molecule has 0 aliphatic rings. The van der Waals surface area contributed by atoms with Crippen LogP contribution < -0.4 is 10.5 Å². The number of rotatable bonds is 3. The quantitative estimate of drug-likeness (QED) is 0.642. The van der Waals surface area contributed by atoms with Gasteiger partial charge in [0.2, 0.25) is 5.88 Å². The molecule has 1 heterocycles. The minimum Gasteiger partial charge on any atom is -0.468 e. The zero-order valence-electron chi connectivity index (χ0n) is 7.71. The van der Waals surface area contributed by atoms with Crippen molar-refractivity contribution in [3.63, 3.8) is 0 Å². The third-order valence-corrected chi connectivity index (χ3v) is 1.82. The monoisotopic (exact) mass is 239 g/mol. The minimum absolute atomic E-state index is 0.0755. The second-order valence-electron chi connectivity index (χ2n) is 2.52. The Hall–Kier alpha value is -1.18. The number of halogens is 3. The molecule has 0 aliphatic carbocycles. The third-order valence-electron chi connectivity index (χ3n) is 1.27. The molecule has 0 spiro atoms. The van der Waals surface area contributed by atoms with E-state index in [1.54, 1.807) is 6.26 Å². The van der Waals surface area contributed by atoms with Gasteiger partial charge in [-0.3, -0.25) is 0 Å². The van der Waals surface area contributed by atoms with Gasteiger partial charge in [0.25, 0.3) is 0 Å². The second-order valence-corrected chi connectivity index (χ2v) is 3.29. The Morgan fingerprint density at radius 1 is 1.47 bits per heavy atom. The van der Waals surface area contributed by atoms with Crippen LogP contribution in [0.2, 0.25) is 0 Å². The molecule has 1 aromatic heterocycles. The number of thioether (sulfide) groups is 1. The fourth-order valence-electron chi connectivity index (χ4n) is 0.742. The summed E-state index contributed by atoms with van der Waals surface area (Å²) < 4.78 is 39.9. The summed E-state index contributed by atoms with van der Waals surface area (Å²) in [7, 11) is 0. The van der Waals surface area contributed by atoms with Crippen molar-refractivity contribution in [1.82, 2.24) is 9.97 Å². The topological polar surface area (TPSA) is 61.0 Å². The van der Waals surface area contributed by atoms with Gasteiger partial charge < -0.3 is 10.5 Å². The van der Waals surface area contributed by atoms with Crippen molar-refractivity contribution >= 4 is 17.6 Å². The van der Waals surface area contributed by atoms with Crippen molar-refractivity contribution in [2.75, 3.05) is 18.6 Å². The van der Waals surface area contributed by atoms with Gasteiger partial charge in [-0.2, -0.15) is 18.2 Å². The van der Waals surface area contributed by atoms with Gasteiger partial charge in [-0.1, -0.05) is 11.8 Å². The molecule has 1 rings (SSSR count). The molecule has 8 heteroatoms. The van der Waals surface area contributed by atoms with Gasteiger partial charge >= 0.3 is 6.18 Å². The lowest BCUT2D eigenvalue weighted by Crippen LogP contribution is -2.19. The number of nitrogen functional groups attached to an aromatic ring is 1. The summed E-state index contributed by atoms with van der Waals surface area (Å²) in [5, 5.41) is 0.271. The van der Waals surface area contributed by atoms with Crippen LogP contribution in [-0.4, -0.2) is 29.0 Å². The predicted molar refractivity (Wildman–Crippen MR) is 49.8 cm³/mol. The normalized spacial score (nSPS) is 11.5. The minimum atomic E-state index is -4.39. The van der Waals surface area contributed by atoms with E-state index in [0.717, 1.165) is 6.07 Å². The summed E-state index contributed by atoms with van der Waals surface area (Å²) in [6, 6.07) is 1.14. The lowest BCUT2D eigenvalue weighted by molar-refractivity contribution is -0.154. The van der Waals surface area contributed by atoms with Crippen molar-refractivity contribution in [1.29, 1.82) is 0 Å². The van der Waals surface area contributed by atoms with E-state index in [2.05, 4.69) is 14.7 Å². The maximum atomic E-state index is 11.8. The fraction of sp³-hybridized carbons (Fsp3) is 0.429. The van der Waals surface area contributed by atoms with Crippen molar-refractivity contribution in [3.8, 4) is 5.88 Å². The second kappa shape index (κ2) is 4.56. The average molecular weight is 239 g/mol. The molecule has 1 aromatic rings. The Kier molecular flexibility index (Phi) is 3.61. The zero-order valence-corrected chi connectivity index (χ0v) is 8.52. The first-order chi connectivity index (χ1) is 6.90. The van der Waals surface area contributed by atoms with Crippen molar-refractivity contribution in [3.05, 3.63) is 6.07 Å². The van der Waals surface area contributed by atoms with Crippen LogP contribution in [-0.2, 0) is 0 Å². The molecule has 15 heavy (non-hydrogen) atoms. The van der Waals surface area contributed by atoms with Gasteiger partial charge in [-0.25, -0.2) is 4.98 Å². The molecular formula is C7H8F3N3OS. The van der Waals surface area contributed by atoms with Gasteiger partial charge in [0.15, 0.2) is 11.8 Å². The van der Waals surface area contributed by atoms with Gasteiger partial charge in [0.05, 0.1) is 0 Å². The Morgan fingerprint density at radius 2 is 2.13 bits per heavy atom. The molecule has 84 valence electrons. The molecule has 0 aromatic carbocycles. The molecule has 0 bridgehead atoms. The molecule has 2 N–H and O–H groups in total. The Morgan fingerprint density at radius 3 is 2.67 bits per heavy atom. The lowest BCUT2D eigenvalue weighted by atomic mass is 10.6. The van der Waals surface area contributed by atoms with Crippen molar-refractivity contribution in [2.45, 2.75) is 11.3 Å². The van der Waals surface area contributed by atoms with Gasteiger partial charge in [0.1, 0.15) is 5.82 Å². The first kappa shape index (κ1) is 11.9. The van der Waals surface area contributed by atoms with Crippen LogP contribution in [0.1, 0.15) is 0 Å². The number of alkyl halides is 3. The first-order valence-electron chi connectivity index (χ1n) is 3.79. The van der Waals surface area contributed by atoms with Crippen molar-refractivity contribution < 1.29 is 17.9 Å². The molecule has 0 atom stereocenters. The van der Waals surface area contributed by atoms with Crippen LogP contribution in [0.15, 0.2) is 11.2 Å². The Balaban J connectivity index is 2.73. The van der Waals surface area contributed by atoms with Crippen LogP contribution in [0.25, 0.3) is 0 Å². The predicted octanol–water partition coefficient (Wildman–Crippen LogP) is 1.72. The van der Waals surface area contributed by atoms with Crippen LogP contribution in [0, 0.1) is 0 Å².